The highest BCUT2D eigenvalue weighted by molar-refractivity contribution is 5.67. The van der Waals surface area contributed by atoms with Crippen LogP contribution in [-0.2, 0) is 11.2 Å². The molecule has 0 saturated heterocycles. The monoisotopic (exact) mass is 460 g/mol. The van der Waals surface area contributed by atoms with E-state index in [1.54, 1.807) is 18.5 Å². The van der Waals surface area contributed by atoms with Gasteiger partial charge in [-0.1, -0.05) is 24.3 Å². The lowest BCUT2D eigenvalue weighted by atomic mass is 9.64. The zero-order valence-corrected chi connectivity index (χ0v) is 19.2. The summed E-state index contributed by atoms with van der Waals surface area (Å²) in [6.07, 6.45) is 11.4. The molecule has 1 N–H and O–H groups in total. The summed E-state index contributed by atoms with van der Waals surface area (Å²) in [5.74, 6) is 1.98. The number of carbonyl (C=O) groups excluding carboxylic acids is 1. The van der Waals surface area contributed by atoms with Crippen molar-refractivity contribution in [2.45, 2.75) is 44.6 Å². The predicted octanol–water partition coefficient (Wildman–Crippen LogP) is 6.36. The fraction of sp³-hybridized carbons (Fsp3) is 0.357. The molecule has 176 valence electrons. The molecule has 0 unspecified atom stereocenters. The Morgan fingerprint density at radius 1 is 1.24 bits per heavy atom. The van der Waals surface area contributed by atoms with Crippen LogP contribution in [0.5, 0.6) is 0 Å². The van der Waals surface area contributed by atoms with Gasteiger partial charge in [0.25, 0.3) is 0 Å². The Balaban J connectivity index is 1.32. The molecule has 2 aliphatic rings. The number of alkyl carbamates (subject to hydrolysis) is 1. The third-order valence-corrected chi connectivity index (χ3v) is 7.11. The van der Waals surface area contributed by atoms with Crippen LogP contribution in [0.3, 0.4) is 0 Å². The van der Waals surface area contributed by atoms with Gasteiger partial charge in [0.05, 0.1) is 18.6 Å². The molecular weight excluding hydrogens is 431 g/mol. The fourth-order valence-corrected chi connectivity index (χ4v) is 5.54. The Labute approximate surface area is 199 Å². The lowest BCUT2D eigenvalue weighted by molar-refractivity contribution is 0.126. The summed E-state index contributed by atoms with van der Waals surface area (Å²) in [5, 5.41) is 3.02. The van der Waals surface area contributed by atoms with Crippen LogP contribution in [-0.4, -0.2) is 23.7 Å². The Bertz CT molecular complexity index is 1170. The number of carbonyl (C=O) groups is 1. The molecule has 1 saturated carbocycles. The van der Waals surface area contributed by atoms with E-state index < -0.39 is 0 Å². The smallest absolute Gasteiger partial charge is 0.407 e. The Kier molecular flexibility index (Phi) is 6.48. The van der Waals surface area contributed by atoms with Gasteiger partial charge in [-0.05, 0) is 73.9 Å². The van der Waals surface area contributed by atoms with E-state index in [9.17, 15) is 9.18 Å². The molecule has 5 rings (SSSR count). The van der Waals surface area contributed by atoms with E-state index in [0.717, 1.165) is 48.3 Å². The molecule has 1 aromatic carbocycles. The van der Waals surface area contributed by atoms with Crippen molar-refractivity contribution in [3.05, 3.63) is 83.8 Å². The number of furan rings is 1. The van der Waals surface area contributed by atoms with Crippen molar-refractivity contribution in [2.75, 3.05) is 6.61 Å². The molecule has 4 atom stereocenters. The molecule has 0 aliphatic heterocycles. The van der Waals surface area contributed by atoms with Gasteiger partial charge in [-0.3, -0.25) is 4.98 Å². The number of allylic oxidation sites excluding steroid dienone is 1. The number of fused-ring (bicyclic) bond motifs is 2. The van der Waals surface area contributed by atoms with E-state index in [1.165, 1.54) is 17.7 Å². The van der Waals surface area contributed by atoms with Gasteiger partial charge in [0.15, 0.2) is 0 Å². The summed E-state index contributed by atoms with van der Waals surface area (Å²) < 4.78 is 24.4. The molecule has 0 radical (unpaired) electrons. The maximum absolute atomic E-state index is 13.5. The average molecular weight is 461 g/mol. The first-order chi connectivity index (χ1) is 16.6. The number of nitrogens with zero attached hydrogens (tertiary/aromatic N) is 1. The predicted molar refractivity (Wildman–Crippen MR) is 129 cm³/mol. The van der Waals surface area contributed by atoms with E-state index in [1.807, 2.05) is 25.1 Å². The number of hydrogen-bond donors (Lipinski definition) is 1. The molecule has 34 heavy (non-hydrogen) atoms. The van der Waals surface area contributed by atoms with Gasteiger partial charge in [0, 0.05) is 35.7 Å². The standard InChI is InChI=1S/C28H29FN2O3/c1-2-33-28(32)31-23-9-10-24-20(15-23)16-27-26(12-13-34-27)25(24)11-8-22-7-6-19(17-30-22)18-4-3-5-21(29)14-18/h3-8,11-14,17,20,23-25H,2,9-10,15-16H2,1H3,(H,31,32)/b11-8+/t20-,23+,24+,25-/m0/s1. The number of nitrogens with one attached hydrogen (secondary N) is 1. The van der Waals surface area contributed by atoms with Gasteiger partial charge >= 0.3 is 6.09 Å². The number of amides is 1. The molecule has 3 aromatic rings. The summed E-state index contributed by atoms with van der Waals surface area (Å²) in [7, 11) is 0. The van der Waals surface area contributed by atoms with Crippen LogP contribution < -0.4 is 5.32 Å². The van der Waals surface area contributed by atoms with Crippen molar-refractivity contribution in [1.29, 1.82) is 0 Å². The lowest BCUT2D eigenvalue weighted by Crippen LogP contribution is -2.43. The Hall–Kier alpha value is -3.41. The third kappa shape index (κ3) is 4.76. The first-order valence-corrected chi connectivity index (χ1v) is 12.0. The van der Waals surface area contributed by atoms with Crippen molar-refractivity contribution in [3.63, 3.8) is 0 Å². The van der Waals surface area contributed by atoms with Crippen LogP contribution in [0.4, 0.5) is 9.18 Å². The van der Waals surface area contributed by atoms with Crippen LogP contribution >= 0.6 is 0 Å². The number of pyridine rings is 1. The minimum absolute atomic E-state index is 0.137. The number of rotatable bonds is 5. The third-order valence-electron chi connectivity index (χ3n) is 7.11. The molecule has 1 amide bonds. The molecule has 6 heteroatoms. The minimum atomic E-state index is -0.329. The molecule has 2 aliphatic carbocycles. The Morgan fingerprint density at radius 3 is 2.94 bits per heavy atom. The largest absolute Gasteiger partial charge is 0.469 e. The second-order valence-corrected chi connectivity index (χ2v) is 9.17. The summed E-state index contributed by atoms with van der Waals surface area (Å²) in [4.78, 5) is 16.5. The second kappa shape index (κ2) is 9.84. The second-order valence-electron chi connectivity index (χ2n) is 9.17. The van der Waals surface area contributed by atoms with E-state index >= 15 is 0 Å². The quantitative estimate of drug-likeness (QED) is 0.481. The van der Waals surface area contributed by atoms with Crippen LogP contribution in [0.25, 0.3) is 17.2 Å². The van der Waals surface area contributed by atoms with Crippen molar-refractivity contribution in [1.82, 2.24) is 10.3 Å². The number of aromatic nitrogens is 1. The molecule has 2 aromatic heterocycles. The van der Waals surface area contributed by atoms with E-state index in [0.29, 0.717) is 18.4 Å². The number of hydrogen-bond acceptors (Lipinski definition) is 4. The SMILES string of the molecule is CCOC(=O)N[C@@H]1CC[C@@H]2[C@H](Cc3occc3[C@H]2/C=C/c2ccc(-c3cccc(F)c3)cn2)C1. The molecule has 0 bridgehead atoms. The van der Waals surface area contributed by atoms with Gasteiger partial charge in [-0.25, -0.2) is 9.18 Å². The molecule has 5 nitrogen and oxygen atoms in total. The number of benzene rings is 1. The normalized spacial score (nSPS) is 23.8. The van der Waals surface area contributed by atoms with Crippen LogP contribution in [0.1, 0.15) is 49.1 Å². The summed E-state index contributed by atoms with van der Waals surface area (Å²) >= 11 is 0. The van der Waals surface area contributed by atoms with Crippen molar-refractivity contribution in [2.24, 2.45) is 11.8 Å². The highest BCUT2D eigenvalue weighted by Crippen LogP contribution is 2.48. The zero-order chi connectivity index (χ0) is 23.5. The highest BCUT2D eigenvalue weighted by atomic mass is 19.1. The lowest BCUT2D eigenvalue weighted by Gasteiger charge is -2.42. The first-order valence-electron chi connectivity index (χ1n) is 12.0. The number of ether oxygens (including phenoxy) is 1. The maximum atomic E-state index is 13.5. The van der Waals surface area contributed by atoms with Crippen LogP contribution in [0.2, 0.25) is 0 Å². The van der Waals surface area contributed by atoms with E-state index in [-0.39, 0.29) is 23.9 Å². The molecule has 0 spiro atoms. The first kappa shape index (κ1) is 22.4. The minimum Gasteiger partial charge on any atom is -0.469 e. The van der Waals surface area contributed by atoms with Crippen molar-refractivity contribution >= 4 is 12.2 Å². The van der Waals surface area contributed by atoms with Gasteiger partial charge in [-0.2, -0.15) is 0 Å². The maximum Gasteiger partial charge on any atom is 0.407 e. The highest BCUT2D eigenvalue weighted by Gasteiger charge is 2.41. The Morgan fingerprint density at radius 2 is 2.15 bits per heavy atom. The van der Waals surface area contributed by atoms with E-state index in [4.69, 9.17) is 9.15 Å². The van der Waals surface area contributed by atoms with Gasteiger partial charge < -0.3 is 14.5 Å². The van der Waals surface area contributed by atoms with Crippen molar-refractivity contribution < 1.29 is 18.3 Å². The van der Waals surface area contributed by atoms with Gasteiger partial charge in [0.2, 0.25) is 0 Å². The average Bonchev–Trinajstić information content (AvgIpc) is 3.30. The zero-order valence-electron chi connectivity index (χ0n) is 19.2. The molecule has 2 heterocycles. The van der Waals surface area contributed by atoms with Crippen LogP contribution in [0.15, 0.2) is 65.4 Å². The summed E-state index contributed by atoms with van der Waals surface area (Å²) in [6, 6.07) is 12.7. The van der Waals surface area contributed by atoms with Gasteiger partial charge in [-0.15, -0.1) is 0 Å². The molecule has 1 fully saturated rings. The summed E-state index contributed by atoms with van der Waals surface area (Å²) in [6.45, 7) is 2.20. The fourth-order valence-electron chi connectivity index (χ4n) is 5.54. The number of halogens is 1. The molecular formula is C28H29FN2O3. The van der Waals surface area contributed by atoms with E-state index in [2.05, 4.69) is 28.5 Å². The van der Waals surface area contributed by atoms with Crippen molar-refractivity contribution in [3.8, 4) is 11.1 Å². The summed E-state index contributed by atoms with van der Waals surface area (Å²) in [5.41, 5.74) is 3.82. The van der Waals surface area contributed by atoms with Gasteiger partial charge in [0.1, 0.15) is 11.6 Å². The van der Waals surface area contributed by atoms with Crippen LogP contribution in [0, 0.1) is 17.7 Å². The topological polar surface area (TPSA) is 64.4 Å².